The number of benzene rings is 1. The molecule has 7 nitrogen and oxygen atoms in total. The van der Waals surface area contributed by atoms with Crippen LogP contribution in [0.3, 0.4) is 0 Å². The Balaban J connectivity index is 1.67. The van der Waals surface area contributed by atoms with Gasteiger partial charge >= 0.3 is 5.69 Å². The second-order valence-electron chi connectivity index (χ2n) is 5.24. The van der Waals surface area contributed by atoms with E-state index in [9.17, 15) is 9.59 Å². The van der Waals surface area contributed by atoms with Gasteiger partial charge in [0.1, 0.15) is 0 Å². The Kier molecular flexibility index (Phi) is 4.15. The molecule has 1 amide bonds. The van der Waals surface area contributed by atoms with Gasteiger partial charge in [-0.05, 0) is 25.0 Å². The molecule has 1 fully saturated rings. The molecule has 1 aromatic carbocycles. The first-order valence-corrected chi connectivity index (χ1v) is 7.46. The summed E-state index contributed by atoms with van der Waals surface area (Å²) in [7, 11) is 0. The van der Waals surface area contributed by atoms with E-state index < -0.39 is 5.69 Å². The van der Waals surface area contributed by atoms with Crippen molar-refractivity contribution in [3.05, 3.63) is 45.6 Å². The van der Waals surface area contributed by atoms with Crippen molar-refractivity contribution >= 4 is 23.2 Å². The average Bonchev–Trinajstić information content (AvgIpc) is 2.95. The number of amides is 1. The molecule has 0 radical (unpaired) electrons. The molecule has 3 N–H and O–H groups in total. The standard InChI is InChI=1S/C14H16ClN5O2/c15-10-5-1-2-6-11(10)20-7-3-4-9(8-20)16-13(21)12-17-14(22)19-18-12/h1-2,5-6,9H,3-4,7-8H2,(H,16,21)(H2,17,18,19,22)/t9-/m1/s1. The molecule has 8 heteroatoms. The highest BCUT2D eigenvalue weighted by atomic mass is 35.5. The molecule has 0 spiro atoms. The number of para-hydroxylation sites is 1. The van der Waals surface area contributed by atoms with Crippen LogP contribution in [-0.4, -0.2) is 40.2 Å². The van der Waals surface area contributed by atoms with Gasteiger partial charge < -0.3 is 10.2 Å². The van der Waals surface area contributed by atoms with Crippen molar-refractivity contribution in [1.29, 1.82) is 0 Å². The molecule has 116 valence electrons. The Bertz CT molecular complexity index is 726. The maximum atomic E-state index is 12.0. The van der Waals surface area contributed by atoms with Gasteiger partial charge in [0.2, 0.25) is 5.82 Å². The first-order chi connectivity index (χ1) is 10.6. The predicted octanol–water partition coefficient (Wildman–Crippen LogP) is 1.15. The number of H-pyrrole nitrogens is 2. The third-order valence-electron chi connectivity index (χ3n) is 3.67. The molecule has 22 heavy (non-hydrogen) atoms. The number of carbonyl (C=O) groups excluding carboxylic acids is 1. The molecule has 2 aromatic rings. The second kappa shape index (κ2) is 6.23. The quantitative estimate of drug-likeness (QED) is 0.790. The fraction of sp³-hybridized carbons (Fsp3) is 0.357. The lowest BCUT2D eigenvalue weighted by Crippen LogP contribution is -2.48. The molecular formula is C14H16ClN5O2. The van der Waals surface area contributed by atoms with E-state index in [0.29, 0.717) is 11.6 Å². The van der Waals surface area contributed by atoms with Gasteiger partial charge in [-0.25, -0.2) is 9.89 Å². The Hall–Kier alpha value is -2.28. The maximum absolute atomic E-state index is 12.0. The second-order valence-corrected chi connectivity index (χ2v) is 5.64. The van der Waals surface area contributed by atoms with Crippen LogP contribution in [0.4, 0.5) is 5.69 Å². The van der Waals surface area contributed by atoms with Crippen LogP contribution >= 0.6 is 11.6 Å². The summed E-state index contributed by atoms with van der Waals surface area (Å²) in [5, 5.41) is 9.40. The first-order valence-electron chi connectivity index (χ1n) is 7.08. The summed E-state index contributed by atoms with van der Waals surface area (Å²) in [5.41, 5.74) is 0.475. The summed E-state index contributed by atoms with van der Waals surface area (Å²) >= 11 is 6.23. The van der Waals surface area contributed by atoms with Crippen molar-refractivity contribution in [2.24, 2.45) is 0 Å². The highest BCUT2D eigenvalue weighted by Crippen LogP contribution is 2.27. The molecule has 2 heterocycles. The molecule has 0 saturated carbocycles. The van der Waals surface area contributed by atoms with Crippen LogP contribution in [0.25, 0.3) is 0 Å². The van der Waals surface area contributed by atoms with E-state index in [-0.39, 0.29) is 17.8 Å². The summed E-state index contributed by atoms with van der Waals surface area (Å²) in [6.07, 6.45) is 1.83. The number of rotatable bonds is 3. The van der Waals surface area contributed by atoms with E-state index in [1.54, 1.807) is 0 Å². The number of carbonyl (C=O) groups is 1. The Labute approximate surface area is 131 Å². The minimum absolute atomic E-state index is 0.000123. The van der Waals surface area contributed by atoms with Gasteiger partial charge in [-0.15, -0.1) is 5.10 Å². The summed E-state index contributed by atoms with van der Waals surface area (Å²) in [4.78, 5) is 27.5. The number of nitrogens with zero attached hydrogens (tertiary/aromatic N) is 2. The zero-order chi connectivity index (χ0) is 15.5. The van der Waals surface area contributed by atoms with Crippen LogP contribution in [0.5, 0.6) is 0 Å². The van der Waals surface area contributed by atoms with Crippen molar-refractivity contribution < 1.29 is 4.79 Å². The smallest absolute Gasteiger partial charge is 0.341 e. The number of halogens is 1. The lowest BCUT2D eigenvalue weighted by Gasteiger charge is -2.35. The fourth-order valence-corrected chi connectivity index (χ4v) is 2.91. The summed E-state index contributed by atoms with van der Waals surface area (Å²) in [5.74, 6) is -0.385. The highest BCUT2D eigenvalue weighted by Gasteiger charge is 2.24. The normalized spacial score (nSPS) is 18.2. The summed E-state index contributed by atoms with van der Waals surface area (Å²) < 4.78 is 0. The number of aromatic amines is 2. The van der Waals surface area contributed by atoms with Crippen molar-refractivity contribution in [3.8, 4) is 0 Å². The molecule has 0 bridgehead atoms. The van der Waals surface area contributed by atoms with Gasteiger partial charge in [0.05, 0.1) is 10.7 Å². The van der Waals surface area contributed by atoms with Crippen molar-refractivity contribution in [2.45, 2.75) is 18.9 Å². The zero-order valence-electron chi connectivity index (χ0n) is 11.8. The number of aromatic nitrogens is 3. The van der Waals surface area contributed by atoms with E-state index in [4.69, 9.17) is 11.6 Å². The molecule has 0 unspecified atom stereocenters. The SMILES string of the molecule is O=C(N[C@@H]1CCCN(c2ccccc2Cl)C1)c1n[nH]c(=O)[nH]1. The molecule has 1 aromatic heterocycles. The van der Waals surface area contributed by atoms with Crippen LogP contribution in [0, 0.1) is 0 Å². The molecule has 3 rings (SSSR count). The fourth-order valence-electron chi connectivity index (χ4n) is 2.65. The van der Waals surface area contributed by atoms with Crippen LogP contribution in [-0.2, 0) is 0 Å². The van der Waals surface area contributed by atoms with Crippen molar-refractivity contribution in [2.75, 3.05) is 18.0 Å². The summed E-state index contributed by atoms with van der Waals surface area (Å²) in [6.45, 7) is 1.57. The molecule has 1 atom stereocenters. The van der Waals surface area contributed by atoms with Crippen LogP contribution < -0.4 is 15.9 Å². The molecule has 1 aliphatic rings. The zero-order valence-corrected chi connectivity index (χ0v) is 12.6. The van der Waals surface area contributed by atoms with Crippen molar-refractivity contribution in [3.63, 3.8) is 0 Å². The highest BCUT2D eigenvalue weighted by molar-refractivity contribution is 6.33. The Morgan fingerprint density at radius 1 is 1.41 bits per heavy atom. The average molecular weight is 322 g/mol. The Morgan fingerprint density at radius 2 is 2.23 bits per heavy atom. The number of nitrogens with one attached hydrogen (secondary N) is 3. The number of hydrogen-bond acceptors (Lipinski definition) is 4. The van der Waals surface area contributed by atoms with Crippen molar-refractivity contribution in [1.82, 2.24) is 20.5 Å². The van der Waals surface area contributed by atoms with Crippen LogP contribution in [0.2, 0.25) is 5.02 Å². The first kappa shape index (κ1) is 14.6. The van der Waals surface area contributed by atoms with E-state index in [0.717, 1.165) is 25.1 Å². The lowest BCUT2D eigenvalue weighted by atomic mass is 10.0. The molecule has 0 aliphatic carbocycles. The third kappa shape index (κ3) is 3.14. The Morgan fingerprint density at radius 3 is 2.95 bits per heavy atom. The summed E-state index contributed by atoms with van der Waals surface area (Å²) in [6, 6.07) is 7.64. The van der Waals surface area contributed by atoms with Gasteiger partial charge in [0.15, 0.2) is 0 Å². The predicted molar refractivity (Wildman–Crippen MR) is 83.4 cm³/mol. The number of anilines is 1. The van der Waals surface area contributed by atoms with Crippen LogP contribution in [0.1, 0.15) is 23.5 Å². The number of hydrogen-bond donors (Lipinski definition) is 3. The maximum Gasteiger partial charge on any atom is 0.341 e. The van der Waals surface area contributed by atoms with Gasteiger partial charge in [0.25, 0.3) is 5.91 Å². The van der Waals surface area contributed by atoms with E-state index in [2.05, 4.69) is 25.4 Å². The minimum Gasteiger partial charge on any atom is -0.368 e. The lowest BCUT2D eigenvalue weighted by molar-refractivity contribution is 0.0923. The largest absolute Gasteiger partial charge is 0.368 e. The monoisotopic (exact) mass is 321 g/mol. The van der Waals surface area contributed by atoms with Gasteiger partial charge in [-0.3, -0.25) is 9.78 Å². The van der Waals surface area contributed by atoms with E-state index in [1.807, 2.05) is 24.3 Å². The molecule has 1 aliphatic heterocycles. The molecule has 1 saturated heterocycles. The van der Waals surface area contributed by atoms with Gasteiger partial charge in [-0.1, -0.05) is 23.7 Å². The number of piperidine rings is 1. The van der Waals surface area contributed by atoms with E-state index in [1.165, 1.54) is 0 Å². The minimum atomic E-state index is -0.494. The third-order valence-corrected chi connectivity index (χ3v) is 3.99. The van der Waals surface area contributed by atoms with E-state index >= 15 is 0 Å². The van der Waals surface area contributed by atoms with Crippen LogP contribution in [0.15, 0.2) is 29.1 Å². The van der Waals surface area contributed by atoms with Gasteiger partial charge in [-0.2, -0.15) is 0 Å². The molecular weight excluding hydrogens is 306 g/mol. The topological polar surface area (TPSA) is 93.9 Å². The van der Waals surface area contributed by atoms with Gasteiger partial charge in [0, 0.05) is 19.1 Å².